The molecule has 0 amide bonds. The first-order valence-electron chi connectivity index (χ1n) is 6.91. The van der Waals surface area contributed by atoms with Crippen LogP contribution in [0.3, 0.4) is 0 Å². The second kappa shape index (κ2) is 5.61. The Kier molecular flexibility index (Phi) is 4.07. The number of carbonyl (C=O) groups is 1. The molecule has 3 heteroatoms. The SMILES string of the molecule is [CH2]c1cccc([C@H](C)c2cn(C(=O)C(C)C)cn2)c1C. The molecule has 1 atom stereocenters. The molecule has 0 aliphatic carbocycles. The highest BCUT2D eigenvalue weighted by molar-refractivity contribution is 5.80. The van der Waals surface area contributed by atoms with E-state index in [4.69, 9.17) is 0 Å². The number of benzene rings is 1. The predicted octanol–water partition coefficient (Wildman–Crippen LogP) is 3.82. The standard InChI is InChI=1S/C17H21N2O/c1-11(2)17(20)19-9-16(18-10-19)14(5)15-8-6-7-12(3)13(15)4/h6-11,14H,3H2,1-2,4-5H3/t14-/m0/s1. The quantitative estimate of drug-likeness (QED) is 0.849. The van der Waals surface area contributed by atoms with Gasteiger partial charge in [-0.1, -0.05) is 39.0 Å². The fraction of sp³-hybridized carbons (Fsp3) is 0.353. The topological polar surface area (TPSA) is 34.9 Å². The van der Waals surface area contributed by atoms with Crippen molar-refractivity contribution >= 4 is 5.91 Å². The minimum Gasteiger partial charge on any atom is -0.276 e. The van der Waals surface area contributed by atoms with Crippen LogP contribution in [0.1, 0.15) is 53.9 Å². The average molecular weight is 269 g/mol. The van der Waals surface area contributed by atoms with Crippen LogP contribution in [0.4, 0.5) is 0 Å². The van der Waals surface area contributed by atoms with Gasteiger partial charge in [-0.05, 0) is 30.5 Å². The summed E-state index contributed by atoms with van der Waals surface area (Å²) in [5, 5.41) is 0. The third kappa shape index (κ3) is 2.67. The fourth-order valence-electron chi connectivity index (χ4n) is 2.31. The Hall–Kier alpha value is -1.90. The second-order valence-corrected chi connectivity index (χ2v) is 5.55. The molecular formula is C17H21N2O. The molecule has 0 spiro atoms. The van der Waals surface area contributed by atoms with Gasteiger partial charge >= 0.3 is 0 Å². The highest BCUT2D eigenvalue weighted by atomic mass is 16.2. The minimum atomic E-state index is -0.0303. The number of imidazole rings is 1. The van der Waals surface area contributed by atoms with Crippen LogP contribution < -0.4 is 0 Å². The Bertz CT molecular complexity index is 626. The van der Waals surface area contributed by atoms with Gasteiger partial charge in [0.05, 0.1) is 5.69 Å². The molecule has 1 aromatic heterocycles. The van der Waals surface area contributed by atoms with Gasteiger partial charge in [-0.15, -0.1) is 0 Å². The molecule has 0 aliphatic heterocycles. The van der Waals surface area contributed by atoms with Gasteiger partial charge in [0, 0.05) is 18.0 Å². The predicted molar refractivity (Wildman–Crippen MR) is 80.8 cm³/mol. The average Bonchev–Trinajstić information content (AvgIpc) is 2.89. The number of hydrogen-bond acceptors (Lipinski definition) is 2. The van der Waals surface area contributed by atoms with Gasteiger partial charge in [-0.25, -0.2) is 4.98 Å². The molecule has 0 bridgehead atoms. The van der Waals surface area contributed by atoms with Crippen molar-refractivity contribution in [3.63, 3.8) is 0 Å². The van der Waals surface area contributed by atoms with Crippen LogP contribution in [-0.4, -0.2) is 15.5 Å². The molecule has 0 unspecified atom stereocenters. The molecule has 105 valence electrons. The van der Waals surface area contributed by atoms with Crippen LogP contribution in [0.15, 0.2) is 30.7 Å². The Morgan fingerprint density at radius 2 is 2.00 bits per heavy atom. The zero-order valence-corrected chi connectivity index (χ0v) is 12.6. The second-order valence-electron chi connectivity index (χ2n) is 5.55. The summed E-state index contributed by atoms with van der Waals surface area (Å²) in [6.45, 7) is 12.0. The van der Waals surface area contributed by atoms with Crippen molar-refractivity contribution in [2.45, 2.75) is 33.6 Å². The van der Waals surface area contributed by atoms with Crippen molar-refractivity contribution in [3.8, 4) is 0 Å². The molecule has 0 fully saturated rings. The lowest BCUT2D eigenvalue weighted by Crippen LogP contribution is -2.14. The van der Waals surface area contributed by atoms with E-state index in [1.165, 1.54) is 11.1 Å². The van der Waals surface area contributed by atoms with E-state index in [-0.39, 0.29) is 17.7 Å². The van der Waals surface area contributed by atoms with Crippen molar-refractivity contribution < 1.29 is 4.79 Å². The lowest BCUT2D eigenvalue weighted by atomic mass is 9.92. The number of rotatable bonds is 3. The Morgan fingerprint density at radius 3 is 2.65 bits per heavy atom. The molecular weight excluding hydrogens is 248 g/mol. The summed E-state index contributed by atoms with van der Waals surface area (Å²) in [6.07, 6.45) is 3.44. The Morgan fingerprint density at radius 1 is 1.30 bits per heavy atom. The molecule has 1 radical (unpaired) electrons. The number of nitrogens with zero attached hydrogens (tertiary/aromatic N) is 2. The largest absolute Gasteiger partial charge is 0.276 e. The van der Waals surface area contributed by atoms with Crippen LogP contribution in [0.25, 0.3) is 0 Å². The van der Waals surface area contributed by atoms with Gasteiger partial charge in [0.15, 0.2) is 0 Å². The van der Waals surface area contributed by atoms with Crippen molar-refractivity contribution in [1.82, 2.24) is 9.55 Å². The van der Waals surface area contributed by atoms with E-state index in [1.807, 2.05) is 32.2 Å². The van der Waals surface area contributed by atoms with Gasteiger partial charge in [-0.3, -0.25) is 9.36 Å². The zero-order chi connectivity index (χ0) is 14.9. The maximum atomic E-state index is 12.0. The molecule has 0 saturated carbocycles. The smallest absolute Gasteiger partial charge is 0.234 e. The molecule has 1 aromatic carbocycles. The zero-order valence-electron chi connectivity index (χ0n) is 12.6. The lowest BCUT2D eigenvalue weighted by Gasteiger charge is -2.14. The van der Waals surface area contributed by atoms with Crippen LogP contribution >= 0.6 is 0 Å². The van der Waals surface area contributed by atoms with Crippen LogP contribution in [0.5, 0.6) is 0 Å². The summed E-state index contributed by atoms with van der Waals surface area (Å²) in [6, 6.07) is 6.11. The first-order valence-corrected chi connectivity index (χ1v) is 6.91. The third-order valence-corrected chi connectivity index (χ3v) is 3.75. The number of carbonyl (C=O) groups excluding carboxylic acids is 1. The maximum Gasteiger partial charge on any atom is 0.234 e. The van der Waals surface area contributed by atoms with Gasteiger partial charge in [-0.2, -0.15) is 0 Å². The van der Waals surface area contributed by atoms with Crippen molar-refractivity contribution in [2.24, 2.45) is 5.92 Å². The van der Waals surface area contributed by atoms with Gasteiger partial charge in [0.2, 0.25) is 5.91 Å². The first kappa shape index (κ1) is 14.5. The van der Waals surface area contributed by atoms with Crippen LogP contribution in [0.2, 0.25) is 0 Å². The summed E-state index contributed by atoms with van der Waals surface area (Å²) in [5.41, 5.74) is 4.34. The van der Waals surface area contributed by atoms with Gasteiger partial charge < -0.3 is 0 Å². The van der Waals surface area contributed by atoms with E-state index < -0.39 is 0 Å². The third-order valence-electron chi connectivity index (χ3n) is 3.75. The van der Waals surface area contributed by atoms with Crippen molar-refractivity contribution in [1.29, 1.82) is 0 Å². The highest BCUT2D eigenvalue weighted by Gasteiger charge is 2.17. The summed E-state index contributed by atoms with van der Waals surface area (Å²) in [7, 11) is 0. The molecule has 1 heterocycles. The van der Waals surface area contributed by atoms with Crippen molar-refractivity contribution in [2.75, 3.05) is 0 Å². The Balaban J connectivity index is 2.32. The molecule has 20 heavy (non-hydrogen) atoms. The normalized spacial score (nSPS) is 12.7. The fourth-order valence-corrected chi connectivity index (χ4v) is 2.31. The molecule has 2 rings (SSSR count). The van der Waals surface area contributed by atoms with E-state index in [0.29, 0.717) is 0 Å². The highest BCUT2D eigenvalue weighted by Crippen LogP contribution is 2.27. The summed E-state index contributed by atoms with van der Waals surface area (Å²) >= 11 is 0. The summed E-state index contributed by atoms with van der Waals surface area (Å²) in [4.78, 5) is 16.3. The molecule has 2 aromatic rings. The lowest BCUT2D eigenvalue weighted by molar-refractivity contribution is 0.0855. The monoisotopic (exact) mass is 269 g/mol. The van der Waals surface area contributed by atoms with E-state index in [1.54, 1.807) is 10.9 Å². The van der Waals surface area contributed by atoms with E-state index in [0.717, 1.165) is 11.3 Å². The van der Waals surface area contributed by atoms with E-state index >= 15 is 0 Å². The van der Waals surface area contributed by atoms with E-state index in [2.05, 4.69) is 31.8 Å². The maximum absolute atomic E-state index is 12.0. The van der Waals surface area contributed by atoms with Crippen LogP contribution in [0, 0.1) is 19.8 Å². The number of hydrogen-bond donors (Lipinski definition) is 0. The molecule has 3 nitrogen and oxygen atoms in total. The summed E-state index contributed by atoms with van der Waals surface area (Å²) in [5.74, 6) is 0.189. The first-order chi connectivity index (χ1) is 9.41. The van der Waals surface area contributed by atoms with Crippen molar-refractivity contribution in [3.05, 3.63) is 60.0 Å². The minimum absolute atomic E-state index is 0.0303. The molecule has 0 N–H and O–H groups in total. The number of aromatic nitrogens is 2. The molecule has 0 saturated heterocycles. The van der Waals surface area contributed by atoms with Gasteiger partial charge in [0.1, 0.15) is 6.33 Å². The van der Waals surface area contributed by atoms with Gasteiger partial charge in [0.25, 0.3) is 0 Å². The Labute approximate surface area is 120 Å². The summed E-state index contributed by atoms with van der Waals surface area (Å²) < 4.78 is 1.58. The van der Waals surface area contributed by atoms with Crippen LogP contribution in [-0.2, 0) is 0 Å². The molecule has 0 aliphatic rings. The van der Waals surface area contributed by atoms with E-state index in [9.17, 15) is 4.79 Å².